The molecule has 1 unspecified atom stereocenters. The molecule has 8 nitrogen and oxygen atoms in total. The van der Waals surface area contributed by atoms with E-state index in [1.54, 1.807) is 17.9 Å². The van der Waals surface area contributed by atoms with E-state index in [4.69, 9.17) is 9.47 Å². The molecule has 0 saturated carbocycles. The van der Waals surface area contributed by atoms with Crippen molar-refractivity contribution in [3.63, 3.8) is 0 Å². The Morgan fingerprint density at radius 3 is 2.38 bits per heavy atom. The largest absolute Gasteiger partial charge is 0.486 e. The van der Waals surface area contributed by atoms with E-state index in [1.807, 2.05) is 44.2 Å². The Labute approximate surface area is 189 Å². The molecule has 2 aliphatic rings. The number of aryl methyl sites for hydroxylation is 2. The Morgan fingerprint density at radius 1 is 0.969 bits per heavy atom. The third-order valence-electron chi connectivity index (χ3n) is 5.89. The molecule has 2 aliphatic heterocycles. The fourth-order valence-corrected chi connectivity index (χ4v) is 5.68. The van der Waals surface area contributed by atoms with Crippen LogP contribution in [0.5, 0.6) is 11.5 Å². The van der Waals surface area contributed by atoms with Crippen molar-refractivity contribution >= 4 is 16.1 Å². The van der Waals surface area contributed by atoms with Crippen molar-refractivity contribution < 1.29 is 22.7 Å². The zero-order valence-corrected chi connectivity index (χ0v) is 19.4. The normalized spacial score (nSPS) is 17.7. The molecule has 32 heavy (non-hydrogen) atoms. The molecule has 0 bridgehead atoms. The van der Waals surface area contributed by atoms with Crippen LogP contribution in [0.3, 0.4) is 0 Å². The van der Waals surface area contributed by atoms with Crippen LogP contribution in [-0.4, -0.2) is 63.0 Å². The van der Waals surface area contributed by atoms with Gasteiger partial charge in [-0.3, -0.25) is 0 Å². The summed E-state index contributed by atoms with van der Waals surface area (Å²) in [5.74, 6) is 1.39. The summed E-state index contributed by atoms with van der Waals surface area (Å²) >= 11 is 0. The van der Waals surface area contributed by atoms with Crippen molar-refractivity contribution in [2.75, 3.05) is 39.4 Å². The predicted octanol–water partition coefficient (Wildman–Crippen LogP) is 2.85. The van der Waals surface area contributed by atoms with Crippen molar-refractivity contribution in [3.8, 4) is 11.5 Å². The molecule has 4 rings (SSSR count). The first-order valence-corrected chi connectivity index (χ1v) is 12.2. The van der Waals surface area contributed by atoms with E-state index in [9.17, 15) is 13.2 Å². The lowest BCUT2D eigenvalue weighted by molar-refractivity contribution is 0.168. The number of hydrogen-bond donors (Lipinski definition) is 1. The standard InChI is InChI=1S/C23H29N3O5S/c1-16-4-5-17(2)22(14-16)32(28,29)26-10-8-25(9-11-26)23(27)24-18(3)19-6-7-20-21(15-19)31-13-12-30-20/h4-7,14-15,18H,8-13H2,1-3H3,(H,24,27). The quantitative estimate of drug-likeness (QED) is 0.760. The Hall–Kier alpha value is -2.78. The Kier molecular flexibility index (Phi) is 6.30. The summed E-state index contributed by atoms with van der Waals surface area (Å²) in [4.78, 5) is 14.8. The molecule has 2 aromatic rings. The number of carbonyl (C=O) groups is 1. The highest BCUT2D eigenvalue weighted by Crippen LogP contribution is 2.32. The van der Waals surface area contributed by atoms with Crippen LogP contribution in [0.25, 0.3) is 0 Å². The van der Waals surface area contributed by atoms with Gasteiger partial charge in [-0.2, -0.15) is 4.31 Å². The van der Waals surface area contributed by atoms with Crippen molar-refractivity contribution in [1.29, 1.82) is 0 Å². The fraction of sp³-hybridized carbons (Fsp3) is 0.435. The van der Waals surface area contributed by atoms with E-state index in [0.717, 1.165) is 16.7 Å². The molecule has 0 spiro atoms. The molecule has 2 heterocycles. The summed E-state index contributed by atoms with van der Waals surface area (Å²) in [5, 5.41) is 3.00. The molecule has 1 N–H and O–H groups in total. The van der Waals surface area contributed by atoms with Gasteiger partial charge in [-0.15, -0.1) is 0 Å². The van der Waals surface area contributed by atoms with Crippen LogP contribution in [-0.2, 0) is 10.0 Å². The minimum Gasteiger partial charge on any atom is -0.486 e. The third kappa shape index (κ3) is 4.54. The molecule has 9 heteroatoms. The number of fused-ring (bicyclic) bond motifs is 1. The van der Waals surface area contributed by atoms with Gasteiger partial charge in [-0.25, -0.2) is 13.2 Å². The summed E-state index contributed by atoms with van der Waals surface area (Å²) < 4.78 is 38.8. The van der Waals surface area contributed by atoms with Gasteiger partial charge in [0.05, 0.1) is 10.9 Å². The number of amides is 2. The first-order valence-electron chi connectivity index (χ1n) is 10.8. The van der Waals surface area contributed by atoms with Crippen molar-refractivity contribution in [2.45, 2.75) is 31.7 Å². The van der Waals surface area contributed by atoms with E-state index >= 15 is 0 Å². The van der Waals surface area contributed by atoms with E-state index in [-0.39, 0.29) is 25.2 Å². The first kappa shape index (κ1) is 22.4. The number of sulfonamides is 1. The van der Waals surface area contributed by atoms with Crippen LogP contribution in [0.15, 0.2) is 41.3 Å². The average molecular weight is 460 g/mol. The molecule has 1 saturated heterocycles. The lowest BCUT2D eigenvalue weighted by atomic mass is 10.1. The van der Waals surface area contributed by atoms with Crippen LogP contribution >= 0.6 is 0 Å². The third-order valence-corrected chi connectivity index (χ3v) is 7.93. The number of hydrogen-bond acceptors (Lipinski definition) is 5. The Bertz CT molecular complexity index is 1110. The zero-order chi connectivity index (χ0) is 22.9. The smallest absolute Gasteiger partial charge is 0.317 e. The minimum absolute atomic E-state index is 0.212. The summed E-state index contributed by atoms with van der Waals surface area (Å²) in [7, 11) is -3.59. The van der Waals surface area contributed by atoms with Crippen molar-refractivity contribution in [3.05, 3.63) is 53.1 Å². The second-order valence-electron chi connectivity index (χ2n) is 8.23. The molecular weight excluding hydrogens is 430 g/mol. The molecular formula is C23H29N3O5S. The predicted molar refractivity (Wildman–Crippen MR) is 121 cm³/mol. The number of nitrogens with one attached hydrogen (secondary N) is 1. The van der Waals surface area contributed by atoms with Crippen LogP contribution in [0.1, 0.15) is 29.7 Å². The summed E-state index contributed by atoms with van der Waals surface area (Å²) in [6.45, 7) is 7.83. The fourth-order valence-electron chi connectivity index (χ4n) is 3.94. The lowest BCUT2D eigenvalue weighted by Crippen LogP contribution is -2.53. The maximum absolute atomic E-state index is 13.1. The zero-order valence-electron chi connectivity index (χ0n) is 18.6. The molecule has 2 aromatic carbocycles. The highest BCUT2D eigenvalue weighted by atomic mass is 32.2. The van der Waals surface area contributed by atoms with E-state index in [2.05, 4.69) is 5.32 Å². The van der Waals surface area contributed by atoms with Gasteiger partial charge >= 0.3 is 6.03 Å². The maximum atomic E-state index is 13.1. The number of rotatable bonds is 4. The van der Waals surface area contributed by atoms with Crippen LogP contribution in [0.4, 0.5) is 4.79 Å². The van der Waals surface area contributed by atoms with Gasteiger partial charge in [0, 0.05) is 26.2 Å². The molecule has 0 radical (unpaired) electrons. The van der Waals surface area contributed by atoms with Crippen molar-refractivity contribution in [2.24, 2.45) is 0 Å². The number of benzene rings is 2. The Balaban J connectivity index is 1.37. The van der Waals surface area contributed by atoms with Crippen molar-refractivity contribution in [1.82, 2.24) is 14.5 Å². The average Bonchev–Trinajstić information content (AvgIpc) is 2.80. The van der Waals surface area contributed by atoms with Gasteiger partial charge in [-0.1, -0.05) is 18.2 Å². The van der Waals surface area contributed by atoms with Crippen LogP contribution < -0.4 is 14.8 Å². The SMILES string of the molecule is Cc1ccc(C)c(S(=O)(=O)N2CCN(C(=O)NC(C)c3ccc4c(c3)OCCO4)CC2)c1. The molecule has 0 aromatic heterocycles. The van der Waals surface area contributed by atoms with Gasteiger partial charge in [0.2, 0.25) is 10.0 Å². The molecule has 172 valence electrons. The van der Waals surface area contributed by atoms with Crippen LogP contribution in [0, 0.1) is 13.8 Å². The maximum Gasteiger partial charge on any atom is 0.317 e. The Morgan fingerprint density at radius 2 is 1.66 bits per heavy atom. The highest BCUT2D eigenvalue weighted by molar-refractivity contribution is 7.89. The number of piperazine rings is 1. The molecule has 2 amide bonds. The monoisotopic (exact) mass is 459 g/mol. The van der Waals surface area contributed by atoms with Gasteiger partial charge in [0.15, 0.2) is 11.5 Å². The molecule has 0 aliphatic carbocycles. The van der Waals surface area contributed by atoms with Gasteiger partial charge < -0.3 is 19.7 Å². The van der Waals surface area contributed by atoms with Gasteiger partial charge in [0.25, 0.3) is 0 Å². The molecule has 1 atom stereocenters. The van der Waals surface area contributed by atoms with E-state index < -0.39 is 10.0 Å². The van der Waals surface area contributed by atoms with Gasteiger partial charge in [0.1, 0.15) is 13.2 Å². The van der Waals surface area contributed by atoms with E-state index in [1.165, 1.54) is 4.31 Å². The second kappa shape index (κ2) is 8.99. The minimum atomic E-state index is -3.59. The van der Waals surface area contributed by atoms with E-state index in [0.29, 0.717) is 42.7 Å². The topological polar surface area (TPSA) is 88.2 Å². The number of urea groups is 1. The highest BCUT2D eigenvalue weighted by Gasteiger charge is 2.31. The number of nitrogens with zero attached hydrogens (tertiary/aromatic N) is 2. The lowest BCUT2D eigenvalue weighted by Gasteiger charge is -2.35. The number of ether oxygens (including phenoxy) is 2. The summed E-state index contributed by atoms with van der Waals surface area (Å²) in [5.41, 5.74) is 2.54. The first-order chi connectivity index (χ1) is 15.3. The summed E-state index contributed by atoms with van der Waals surface area (Å²) in [6, 6.07) is 10.6. The van der Waals surface area contributed by atoms with Gasteiger partial charge in [-0.05, 0) is 55.7 Å². The second-order valence-corrected chi connectivity index (χ2v) is 10.1. The number of carbonyl (C=O) groups excluding carboxylic acids is 1. The molecule has 1 fully saturated rings. The van der Waals surface area contributed by atoms with Crippen LogP contribution in [0.2, 0.25) is 0 Å². The summed E-state index contributed by atoms with van der Waals surface area (Å²) in [6.07, 6.45) is 0.